The van der Waals surface area contributed by atoms with E-state index in [0.29, 0.717) is 6.04 Å². The maximum atomic E-state index is 5.68. The van der Waals surface area contributed by atoms with Gasteiger partial charge in [0.1, 0.15) is 0 Å². The molecule has 0 radical (unpaired) electrons. The van der Waals surface area contributed by atoms with Crippen molar-refractivity contribution in [2.75, 3.05) is 0 Å². The summed E-state index contributed by atoms with van der Waals surface area (Å²) in [6.07, 6.45) is 6.74. The number of hydrogen-bond donors (Lipinski definition) is 2. The maximum Gasteiger partial charge on any atom is 0.0731 e. The largest absolute Gasteiger partial charge is 0.271 e. The molecular weight excluding hydrogens is 284 g/mol. The standard InChI is InChI=1S/C12H19BrN2S/c1-8-6-11(16-12(8)13)10(15-14)7-9-4-2-3-5-9/h6,9-10,15H,2-5,7,14H2,1H3. The molecule has 1 aromatic rings. The number of rotatable bonds is 4. The van der Waals surface area contributed by atoms with Crippen LogP contribution in [-0.4, -0.2) is 0 Å². The van der Waals surface area contributed by atoms with E-state index in [4.69, 9.17) is 5.84 Å². The third kappa shape index (κ3) is 2.86. The molecule has 1 aliphatic carbocycles. The normalized spacial score (nSPS) is 19.2. The Morgan fingerprint density at radius 3 is 2.75 bits per heavy atom. The van der Waals surface area contributed by atoms with E-state index in [9.17, 15) is 0 Å². The molecule has 0 bridgehead atoms. The zero-order valence-electron chi connectivity index (χ0n) is 9.63. The fourth-order valence-corrected chi connectivity index (χ4v) is 4.15. The lowest BCUT2D eigenvalue weighted by molar-refractivity contribution is 0.404. The van der Waals surface area contributed by atoms with Gasteiger partial charge in [0.25, 0.3) is 0 Å². The van der Waals surface area contributed by atoms with E-state index in [1.807, 2.05) is 0 Å². The summed E-state index contributed by atoms with van der Waals surface area (Å²) in [5.41, 5.74) is 4.29. The molecule has 2 nitrogen and oxygen atoms in total. The number of hydrazine groups is 1. The number of nitrogens with two attached hydrogens (primary N) is 1. The summed E-state index contributed by atoms with van der Waals surface area (Å²) in [6.45, 7) is 2.13. The van der Waals surface area contributed by atoms with Crippen LogP contribution in [0.1, 0.15) is 48.6 Å². The molecule has 16 heavy (non-hydrogen) atoms. The van der Waals surface area contributed by atoms with E-state index in [1.54, 1.807) is 11.3 Å². The predicted molar refractivity (Wildman–Crippen MR) is 73.4 cm³/mol. The van der Waals surface area contributed by atoms with Crippen molar-refractivity contribution in [3.05, 3.63) is 20.3 Å². The number of nitrogens with one attached hydrogen (secondary N) is 1. The summed E-state index contributed by atoms with van der Waals surface area (Å²) >= 11 is 5.38. The SMILES string of the molecule is Cc1cc(C(CC2CCCC2)NN)sc1Br. The van der Waals surface area contributed by atoms with Gasteiger partial charge in [-0.05, 0) is 46.8 Å². The first-order valence-electron chi connectivity index (χ1n) is 5.92. The van der Waals surface area contributed by atoms with Crippen LogP contribution >= 0.6 is 27.3 Å². The van der Waals surface area contributed by atoms with Crippen molar-refractivity contribution in [2.24, 2.45) is 11.8 Å². The third-order valence-corrected chi connectivity index (χ3v) is 5.71. The lowest BCUT2D eigenvalue weighted by Gasteiger charge is -2.18. The molecule has 1 aromatic heterocycles. The second kappa shape index (κ2) is 5.63. The highest BCUT2D eigenvalue weighted by Gasteiger charge is 2.22. The first kappa shape index (κ1) is 12.6. The van der Waals surface area contributed by atoms with E-state index in [0.717, 1.165) is 5.92 Å². The Morgan fingerprint density at radius 2 is 2.25 bits per heavy atom. The van der Waals surface area contributed by atoms with Crippen molar-refractivity contribution >= 4 is 27.3 Å². The molecule has 1 unspecified atom stereocenters. The van der Waals surface area contributed by atoms with Crippen LogP contribution in [0.5, 0.6) is 0 Å². The van der Waals surface area contributed by atoms with Gasteiger partial charge in [-0.1, -0.05) is 25.7 Å². The molecule has 1 atom stereocenters. The zero-order chi connectivity index (χ0) is 11.5. The van der Waals surface area contributed by atoms with Crippen LogP contribution in [0.4, 0.5) is 0 Å². The number of aryl methyl sites for hydroxylation is 1. The summed E-state index contributed by atoms with van der Waals surface area (Å²) < 4.78 is 1.23. The monoisotopic (exact) mass is 302 g/mol. The van der Waals surface area contributed by atoms with E-state index >= 15 is 0 Å². The Hall–Kier alpha value is 0.100. The van der Waals surface area contributed by atoms with Crippen molar-refractivity contribution in [2.45, 2.75) is 45.1 Å². The average molecular weight is 303 g/mol. The smallest absolute Gasteiger partial charge is 0.0731 e. The van der Waals surface area contributed by atoms with Gasteiger partial charge in [0.15, 0.2) is 0 Å². The highest BCUT2D eigenvalue weighted by atomic mass is 79.9. The third-order valence-electron chi connectivity index (χ3n) is 3.46. The Balaban J connectivity index is 2.03. The number of hydrogen-bond acceptors (Lipinski definition) is 3. The summed E-state index contributed by atoms with van der Waals surface area (Å²) in [6, 6.07) is 2.58. The second-order valence-corrected chi connectivity index (χ2v) is 7.11. The highest BCUT2D eigenvalue weighted by molar-refractivity contribution is 9.11. The van der Waals surface area contributed by atoms with Gasteiger partial charge < -0.3 is 0 Å². The molecular formula is C12H19BrN2S. The highest BCUT2D eigenvalue weighted by Crippen LogP contribution is 2.37. The van der Waals surface area contributed by atoms with Crippen LogP contribution in [0.25, 0.3) is 0 Å². The Bertz CT molecular complexity index is 325. The minimum absolute atomic E-state index is 0.332. The molecule has 4 heteroatoms. The molecule has 0 aliphatic heterocycles. The quantitative estimate of drug-likeness (QED) is 0.654. The Labute approximate surface area is 110 Å². The van der Waals surface area contributed by atoms with Crippen LogP contribution in [0.15, 0.2) is 9.85 Å². The number of thiophene rings is 1. The average Bonchev–Trinajstić information content (AvgIpc) is 2.86. The van der Waals surface area contributed by atoms with Gasteiger partial charge in [0, 0.05) is 4.88 Å². The molecule has 1 fully saturated rings. The van der Waals surface area contributed by atoms with Gasteiger partial charge in [-0.25, -0.2) is 0 Å². The van der Waals surface area contributed by atoms with Crippen molar-refractivity contribution in [3.63, 3.8) is 0 Å². The van der Waals surface area contributed by atoms with Crippen molar-refractivity contribution in [1.29, 1.82) is 0 Å². The topological polar surface area (TPSA) is 38.0 Å². The van der Waals surface area contributed by atoms with Gasteiger partial charge in [0.2, 0.25) is 0 Å². The number of halogens is 1. The van der Waals surface area contributed by atoms with E-state index < -0.39 is 0 Å². The molecule has 90 valence electrons. The first-order valence-corrected chi connectivity index (χ1v) is 7.53. The molecule has 0 amide bonds. The second-order valence-electron chi connectivity index (χ2n) is 4.71. The van der Waals surface area contributed by atoms with E-state index in [-0.39, 0.29) is 0 Å². The summed E-state index contributed by atoms with van der Waals surface area (Å²) in [7, 11) is 0. The molecule has 3 N–H and O–H groups in total. The molecule has 1 aliphatic rings. The minimum atomic E-state index is 0.332. The molecule has 0 saturated heterocycles. The van der Waals surface area contributed by atoms with Crippen LogP contribution < -0.4 is 11.3 Å². The van der Waals surface area contributed by atoms with Crippen LogP contribution in [0, 0.1) is 12.8 Å². The van der Waals surface area contributed by atoms with Gasteiger partial charge >= 0.3 is 0 Å². The molecule has 0 spiro atoms. The summed E-state index contributed by atoms with van der Waals surface area (Å²) in [4.78, 5) is 1.36. The van der Waals surface area contributed by atoms with E-state index in [1.165, 1.54) is 46.3 Å². The van der Waals surface area contributed by atoms with Crippen LogP contribution in [0.3, 0.4) is 0 Å². The van der Waals surface area contributed by atoms with Gasteiger partial charge in [-0.15, -0.1) is 11.3 Å². The molecule has 2 rings (SSSR count). The van der Waals surface area contributed by atoms with Gasteiger partial charge in [-0.3, -0.25) is 11.3 Å². The fraction of sp³-hybridized carbons (Fsp3) is 0.667. The predicted octanol–water partition coefficient (Wildman–Crippen LogP) is 3.90. The Kier molecular flexibility index (Phi) is 4.41. The summed E-state index contributed by atoms with van der Waals surface area (Å²) in [5, 5.41) is 0. The molecule has 1 saturated carbocycles. The van der Waals surface area contributed by atoms with Crippen LogP contribution in [-0.2, 0) is 0 Å². The minimum Gasteiger partial charge on any atom is -0.271 e. The van der Waals surface area contributed by atoms with Crippen molar-refractivity contribution < 1.29 is 0 Å². The van der Waals surface area contributed by atoms with Gasteiger partial charge in [0.05, 0.1) is 9.83 Å². The lowest BCUT2D eigenvalue weighted by atomic mass is 9.98. The lowest BCUT2D eigenvalue weighted by Crippen LogP contribution is -2.28. The van der Waals surface area contributed by atoms with Crippen LogP contribution in [0.2, 0.25) is 0 Å². The molecule has 1 heterocycles. The van der Waals surface area contributed by atoms with Crippen molar-refractivity contribution in [1.82, 2.24) is 5.43 Å². The zero-order valence-corrected chi connectivity index (χ0v) is 12.0. The van der Waals surface area contributed by atoms with E-state index in [2.05, 4.69) is 34.3 Å². The fourth-order valence-electron chi connectivity index (χ4n) is 2.50. The maximum absolute atomic E-state index is 5.68. The molecule has 0 aromatic carbocycles. The van der Waals surface area contributed by atoms with Gasteiger partial charge in [-0.2, -0.15) is 0 Å². The first-order chi connectivity index (χ1) is 7.70. The van der Waals surface area contributed by atoms with Crippen molar-refractivity contribution in [3.8, 4) is 0 Å². The Morgan fingerprint density at radius 1 is 1.56 bits per heavy atom. The summed E-state index contributed by atoms with van der Waals surface area (Å²) in [5.74, 6) is 6.55.